The number of para-hydroxylation sites is 1. The maximum atomic E-state index is 12.3. The largest absolute Gasteiger partial charge is 0.361 e. The fraction of sp³-hybridized carbons (Fsp3) is 0.200. The van der Waals surface area contributed by atoms with Crippen molar-refractivity contribution in [2.24, 2.45) is 5.73 Å². The van der Waals surface area contributed by atoms with E-state index < -0.39 is 12.7 Å². The molecular formula is C10H12ClFN2. The van der Waals surface area contributed by atoms with E-state index in [9.17, 15) is 4.39 Å². The smallest absolute Gasteiger partial charge is 0.109 e. The summed E-state index contributed by atoms with van der Waals surface area (Å²) < 4.78 is 12.3. The van der Waals surface area contributed by atoms with Gasteiger partial charge in [-0.25, -0.2) is 4.39 Å². The van der Waals surface area contributed by atoms with Gasteiger partial charge in [-0.15, -0.1) is 12.4 Å². The molecule has 2 aromatic rings. The van der Waals surface area contributed by atoms with Crippen LogP contribution in [-0.2, 0) is 0 Å². The van der Waals surface area contributed by atoms with Gasteiger partial charge in [-0.2, -0.15) is 0 Å². The van der Waals surface area contributed by atoms with Gasteiger partial charge in [-0.3, -0.25) is 0 Å². The van der Waals surface area contributed by atoms with Gasteiger partial charge >= 0.3 is 0 Å². The van der Waals surface area contributed by atoms with E-state index in [-0.39, 0.29) is 12.4 Å². The normalized spacial score (nSPS) is 12.4. The third-order valence-corrected chi connectivity index (χ3v) is 2.19. The van der Waals surface area contributed by atoms with Crippen molar-refractivity contribution in [2.45, 2.75) is 6.04 Å². The minimum absolute atomic E-state index is 0. The molecule has 14 heavy (non-hydrogen) atoms. The van der Waals surface area contributed by atoms with E-state index in [1.165, 1.54) is 0 Å². The highest BCUT2D eigenvalue weighted by Crippen LogP contribution is 2.22. The quantitative estimate of drug-likeness (QED) is 0.793. The summed E-state index contributed by atoms with van der Waals surface area (Å²) in [6.07, 6.45) is 1.77. The van der Waals surface area contributed by atoms with Crippen LogP contribution in [0.1, 0.15) is 11.6 Å². The molecule has 76 valence electrons. The molecule has 0 aliphatic heterocycles. The van der Waals surface area contributed by atoms with Crippen LogP contribution in [0.25, 0.3) is 10.9 Å². The fourth-order valence-corrected chi connectivity index (χ4v) is 1.48. The number of hydrogen-bond donors (Lipinski definition) is 2. The molecule has 3 N–H and O–H groups in total. The zero-order valence-corrected chi connectivity index (χ0v) is 8.35. The molecule has 1 atom stereocenters. The number of halogens is 2. The van der Waals surface area contributed by atoms with Crippen molar-refractivity contribution in [1.82, 2.24) is 4.98 Å². The topological polar surface area (TPSA) is 41.8 Å². The lowest BCUT2D eigenvalue weighted by molar-refractivity contribution is 0.438. The second kappa shape index (κ2) is 4.44. The predicted molar refractivity (Wildman–Crippen MR) is 58.5 cm³/mol. The average Bonchev–Trinajstić information content (AvgIpc) is 2.60. The van der Waals surface area contributed by atoms with E-state index in [1.54, 1.807) is 6.20 Å². The maximum Gasteiger partial charge on any atom is 0.109 e. The monoisotopic (exact) mass is 214 g/mol. The third kappa shape index (κ3) is 1.74. The van der Waals surface area contributed by atoms with Gasteiger partial charge < -0.3 is 10.7 Å². The number of benzene rings is 1. The molecule has 0 unspecified atom stereocenters. The zero-order valence-electron chi connectivity index (χ0n) is 7.53. The van der Waals surface area contributed by atoms with Crippen LogP contribution in [0, 0.1) is 0 Å². The highest BCUT2D eigenvalue weighted by atomic mass is 35.5. The number of aromatic nitrogens is 1. The number of hydrogen-bond acceptors (Lipinski definition) is 1. The molecule has 0 saturated heterocycles. The lowest BCUT2D eigenvalue weighted by atomic mass is 10.1. The van der Waals surface area contributed by atoms with Gasteiger partial charge in [0.1, 0.15) is 6.67 Å². The van der Waals surface area contributed by atoms with Crippen LogP contribution >= 0.6 is 12.4 Å². The lowest BCUT2D eigenvalue weighted by Crippen LogP contribution is -2.11. The molecule has 2 nitrogen and oxygen atoms in total. The van der Waals surface area contributed by atoms with Gasteiger partial charge in [0.2, 0.25) is 0 Å². The molecule has 0 fully saturated rings. The Balaban J connectivity index is 0.000000980. The first kappa shape index (κ1) is 11.0. The fourth-order valence-electron chi connectivity index (χ4n) is 1.48. The molecule has 0 aliphatic rings. The van der Waals surface area contributed by atoms with Crippen LogP contribution < -0.4 is 5.73 Å². The van der Waals surface area contributed by atoms with Gasteiger partial charge in [-0.1, -0.05) is 18.2 Å². The van der Waals surface area contributed by atoms with Gasteiger partial charge in [0.15, 0.2) is 0 Å². The molecule has 0 radical (unpaired) electrons. The van der Waals surface area contributed by atoms with E-state index >= 15 is 0 Å². The molecular weight excluding hydrogens is 203 g/mol. The standard InChI is InChI=1S/C10H11FN2.ClH/c11-5-9(12)8-6-13-10-4-2-1-3-7(8)10;/h1-4,6,9,13H,5,12H2;1H/t9-;/m0./s1. The summed E-state index contributed by atoms with van der Waals surface area (Å²) in [7, 11) is 0. The van der Waals surface area contributed by atoms with Crippen molar-refractivity contribution in [3.63, 3.8) is 0 Å². The summed E-state index contributed by atoms with van der Waals surface area (Å²) in [6, 6.07) is 7.23. The van der Waals surface area contributed by atoms with Crippen molar-refractivity contribution in [2.75, 3.05) is 6.67 Å². The number of alkyl halides is 1. The first-order valence-electron chi connectivity index (χ1n) is 4.20. The highest BCUT2D eigenvalue weighted by Gasteiger charge is 2.10. The van der Waals surface area contributed by atoms with Gasteiger partial charge in [0, 0.05) is 17.1 Å². The Bertz CT molecular complexity index is 413. The van der Waals surface area contributed by atoms with Crippen molar-refractivity contribution < 1.29 is 4.39 Å². The van der Waals surface area contributed by atoms with Crippen LogP contribution in [0.15, 0.2) is 30.5 Å². The number of aromatic amines is 1. The molecule has 0 spiro atoms. The molecule has 0 bridgehead atoms. The summed E-state index contributed by atoms with van der Waals surface area (Å²) in [4.78, 5) is 3.06. The molecule has 0 amide bonds. The zero-order chi connectivity index (χ0) is 9.26. The van der Waals surface area contributed by atoms with Gasteiger partial charge in [0.25, 0.3) is 0 Å². The van der Waals surface area contributed by atoms with Crippen molar-refractivity contribution in [1.29, 1.82) is 0 Å². The van der Waals surface area contributed by atoms with E-state index in [2.05, 4.69) is 4.98 Å². The summed E-state index contributed by atoms with van der Waals surface area (Å²) in [5, 5.41) is 1.01. The Morgan fingerprint density at radius 2 is 2.07 bits per heavy atom. The van der Waals surface area contributed by atoms with Crippen LogP contribution in [0.5, 0.6) is 0 Å². The third-order valence-electron chi connectivity index (χ3n) is 2.19. The minimum atomic E-state index is -0.526. The highest BCUT2D eigenvalue weighted by molar-refractivity contribution is 5.85. The molecule has 0 saturated carbocycles. The summed E-state index contributed by atoms with van der Waals surface area (Å²) in [5.74, 6) is 0. The van der Waals surface area contributed by atoms with Crippen LogP contribution in [0.4, 0.5) is 4.39 Å². The second-order valence-electron chi connectivity index (χ2n) is 3.05. The first-order valence-corrected chi connectivity index (χ1v) is 4.20. The predicted octanol–water partition coefficient (Wildman–Crippen LogP) is 2.56. The molecule has 1 aromatic heterocycles. The second-order valence-corrected chi connectivity index (χ2v) is 3.05. The lowest BCUT2D eigenvalue weighted by Gasteiger charge is -2.03. The minimum Gasteiger partial charge on any atom is -0.361 e. The van der Waals surface area contributed by atoms with Crippen LogP contribution in [0.3, 0.4) is 0 Å². The van der Waals surface area contributed by atoms with Gasteiger partial charge in [0.05, 0.1) is 6.04 Å². The Hall–Kier alpha value is -1.06. The molecule has 4 heteroatoms. The molecule has 1 aromatic carbocycles. The van der Waals surface area contributed by atoms with Crippen molar-refractivity contribution >= 4 is 23.3 Å². The van der Waals surface area contributed by atoms with Gasteiger partial charge in [-0.05, 0) is 11.6 Å². The summed E-state index contributed by atoms with van der Waals surface area (Å²) in [6.45, 7) is -0.526. The molecule has 1 heterocycles. The van der Waals surface area contributed by atoms with E-state index in [4.69, 9.17) is 5.73 Å². The molecule has 0 aliphatic carbocycles. The number of fused-ring (bicyclic) bond motifs is 1. The SMILES string of the molecule is Cl.N[C@@H](CF)c1c[nH]c2ccccc12. The van der Waals surface area contributed by atoms with Crippen LogP contribution in [0.2, 0.25) is 0 Å². The van der Waals surface area contributed by atoms with E-state index in [0.29, 0.717) is 0 Å². The number of nitrogens with one attached hydrogen (secondary N) is 1. The first-order chi connectivity index (χ1) is 6.33. The van der Waals surface area contributed by atoms with Crippen molar-refractivity contribution in [3.8, 4) is 0 Å². The average molecular weight is 215 g/mol. The number of rotatable bonds is 2. The Kier molecular flexibility index (Phi) is 3.49. The Morgan fingerprint density at radius 1 is 1.36 bits per heavy atom. The van der Waals surface area contributed by atoms with Crippen LogP contribution in [-0.4, -0.2) is 11.7 Å². The number of nitrogens with two attached hydrogens (primary N) is 1. The van der Waals surface area contributed by atoms with E-state index in [1.807, 2.05) is 24.3 Å². The Labute approximate surface area is 87.7 Å². The maximum absolute atomic E-state index is 12.3. The Morgan fingerprint density at radius 3 is 2.79 bits per heavy atom. The number of H-pyrrole nitrogens is 1. The van der Waals surface area contributed by atoms with Crippen molar-refractivity contribution in [3.05, 3.63) is 36.0 Å². The molecule has 2 rings (SSSR count). The summed E-state index contributed by atoms with van der Waals surface area (Å²) >= 11 is 0. The summed E-state index contributed by atoms with van der Waals surface area (Å²) in [5.41, 5.74) is 7.46. The van der Waals surface area contributed by atoms with E-state index in [0.717, 1.165) is 16.5 Å².